The van der Waals surface area contributed by atoms with E-state index in [-0.39, 0.29) is 5.69 Å². The molecule has 1 N–H and O–H groups in total. The van der Waals surface area contributed by atoms with Crippen LogP contribution in [0.15, 0.2) is 45.9 Å². The fourth-order valence-electron chi connectivity index (χ4n) is 1.45. The molecule has 5 heteroatoms. The number of H-pyrrole nitrogens is 1. The maximum absolute atomic E-state index is 10.8. The molecule has 0 spiro atoms. The van der Waals surface area contributed by atoms with E-state index in [1.807, 2.05) is 24.3 Å². The van der Waals surface area contributed by atoms with Crippen LogP contribution >= 0.6 is 0 Å². The summed E-state index contributed by atoms with van der Waals surface area (Å²) < 4.78 is 5.52. The molecule has 3 rings (SSSR count). The zero-order valence-electron chi connectivity index (χ0n) is 8.18. The molecular formula is C11H7N3O2. The lowest BCUT2D eigenvalue weighted by atomic mass is 10.3. The minimum Gasteiger partial charge on any atom is -0.436 e. The van der Waals surface area contributed by atoms with Crippen LogP contribution in [-0.4, -0.2) is 15.0 Å². The van der Waals surface area contributed by atoms with E-state index in [9.17, 15) is 4.79 Å². The lowest BCUT2D eigenvalue weighted by Gasteiger charge is -1.90. The van der Waals surface area contributed by atoms with Crippen LogP contribution in [0.25, 0.3) is 22.6 Å². The molecule has 0 saturated carbocycles. The SMILES string of the molecule is O=c1ncc(-c2nc3ccccc3o2)c[nH]1. The fourth-order valence-corrected chi connectivity index (χ4v) is 1.45. The molecule has 0 bridgehead atoms. The zero-order chi connectivity index (χ0) is 11.0. The average Bonchev–Trinajstić information content (AvgIpc) is 2.73. The first-order chi connectivity index (χ1) is 7.83. The maximum atomic E-state index is 10.8. The van der Waals surface area contributed by atoms with Gasteiger partial charge in [-0.1, -0.05) is 12.1 Å². The van der Waals surface area contributed by atoms with Crippen LogP contribution in [0.2, 0.25) is 0 Å². The van der Waals surface area contributed by atoms with Crippen molar-refractivity contribution in [3.05, 3.63) is 47.1 Å². The van der Waals surface area contributed by atoms with Crippen LogP contribution in [0.3, 0.4) is 0 Å². The highest BCUT2D eigenvalue weighted by Crippen LogP contribution is 2.21. The van der Waals surface area contributed by atoms with Crippen molar-refractivity contribution in [3.63, 3.8) is 0 Å². The van der Waals surface area contributed by atoms with E-state index < -0.39 is 0 Å². The molecule has 0 fully saturated rings. The monoisotopic (exact) mass is 213 g/mol. The van der Waals surface area contributed by atoms with Gasteiger partial charge >= 0.3 is 5.69 Å². The molecule has 0 aliphatic heterocycles. The van der Waals surface area contributed by atoms with Gasteiger partial charge in [0.2, 0.25) is 5.89 Å². The van der Waals surface area contributed by atoms with Crippen molar-refractivity contribution in [1.82, 2.24) is 15.0 Å². The highest BCUT2D eigenvalue weighted by atomic mass is 16.3. The number of aromatic amines is 1. The van der Waals surface area contributed by atoms with Crippen molar-refractivity contribution in [3.8, 4) is 11.5 Å². The van der Waals surface area contributed by atoms with Gasteiger partial charge in [-0.05, 0) is 12.1 Å². The minimum atomic E-state index is -0.389. The van der Waals surface area contributed by atoms with Crippen molar-refractivity contribution in [2.75, 3.05) is 0 Å². The minimum absolute atomic E-state index is 0.389. The Bertz CT molecular complexity index is 646. The first kappa shape index (κ1) is 8.84. The summed E-state index contributed by atoms with van der Waals surface area (Å²) >= 11 is 0. The van der Waals surface area contributed by atoms with Crippen LogP contribution in [0.4, 0.5) is 0 Å². The van der Waals surface area contributed by atoms with Gasteiger partial charge in [-0.3, -0.25) is 0 Å². The Kier molecular flexibility index (Phi) is 1.83. The third-order valence-corrected chi connectivity index (χ3v) is 2.21. The molecule has 0 aliphatic rings. The third-order valence-electron chi connectivity index (χ3n) is 2.21. The number of benzene rings is 1. The van der Waals surface area contributed by atoms with Gasteiger partial charge in [-0.25, -0.2) is 14.8 Å². The van der Waals surface area contributed by atoms with Gasteiger partial charge in [0.15, 0.2) is 5.58 Å². The number of aromatic nitrogens is 3. The largest absolute Gasteiger partial charge is 0.436 e. The topological polar surface area (TPSA) is 71.8 Å². The Morgan fingerprint density at radius 1 is 1.25 bits per heavy atom. The number of fused-ring (bicyclic) bond motifs is 1. The number of oxazole rings is 1. The van der Waals surface area contributed by atoms with Gasteiger partial charge < -0.3 is 9.40 Å². The molecule has 5 nitrogen and oxygen atoms in total. The number of hydrogen-bond donors (Lipinski definition) is 1. The van der Waals surface area contributed by atoms with Gasteiger partial charge in [0, 0.05) is 12.4 Å². The zero-order valence-corrected chi connectivity index (χ0v) is 8.18. The molecule has 2 aromatic heterocycles. The summed E-state index contributed by atoms with van der Waals surface area (Å²) in [6.07, 6.45) is 2.96. The summed E-state index contributed by atoms with van der Waals surface area (Å²) in [5, 5.41) is 0. The van der Waals surface area contributed by atoms with E-state index in [1.54, 1.807) is 0 Å². The third kappa shape index (κ3) is 1.38. The molecule has 78 valence electrons. The maximum Gasteiger partial charge on any atom is 0.344 e. The van der Waals surface area contributed by atoms with Gasteiger partial charge in [0.1, 0.15) is 5.52 Å². The van der Waals surface area contributed by atoms with Crippen molar-refractivity contribution < 1.29 is 4.42 Å². The Morgan fingerprint density at radius 2 is 2.12 bits per heavy atom. The Morgan fingerprint density at radius 3 is 2.88 bits per heavy atom. The predicted molar refractivity (Wildman–Crippen MR) is 57.9 cm³/mol. The van der Waals surface area contributed by atoms with Crippen molar-refractivity contribution in [2.45, 2.75) is 0 Å². The first-order valence-corrected chi connectivity index (χ1v) is 4.73. The molecule has 0 amide bonds. The second-order valence-corrected chi connectivity index (χ2v) is 3.29. The summed E-state index contributed by atoms with van der Waals surface area (Å²) in [5.41, 5.74) is 1.75. The summed E-state index contributed by atoms with van der Waals surface area (Å²) in [5.74, 6) is 0.449. The van der Waals surface area contributed by atoms with Crippen molar-refractivity contribution >= 4 is 11.1 Å². The van der Waals surface area contributed by atoms with E-state index in [1.165, 1.54) is 12.4 Å². The van der Waals surface area contributed by atoms with Gasteiger partial charge in [-0.2, -0.15) is 0 Å². The molecule has 0 radical (unpaired) electrons. The van der Waals surface area contributed by atoms with E-state index in [0.29, 0.717) is 17.0 Å². The molecule has 1 aromatic carbocycles. The van der Waals surface area contributed by atoms with Crippen LogP contribution < -0.4 is 5.69 Å². The number of nitrogens with one attached hydrogen (secondary N) is 1. The smallest absolute Gasteiger partial charge is 0.344 e. The van der Waals surface area contributed by atoms with Crippen molar-refractivity contribution in [2.24, 2.45) is 0 Å². The normalized spacial score (nSPS) is 10.8. The lowest BCUT2D eigenvalue weighted by molar-refractivity contribution is 0.619. The van der Waals surface area contributed by atoms with Gasteiger partial charge in [0.25, 0.3) is 0 Å². The molecule has 16 heavy (non-hydrogen) atoms. The van der Waals surface area contributed by atoms with Crippen LogP contribution in [0.5, 0.6) is 0 Å². The Hall–Kier alpha value is -2.43. The molecule has 0 atom stereocenters. The molecule has 0 aliphatic carbocycles. The van der Waals surface area contributed by atoms with Crippen molar-refractivity contribution in [1.29, 1.82) is 0 Å². The predicted octanol–water partition coefficient (Wildman–Crippen LogP) is 1.58. The Labute approximate surface area is 89.8 Å². The molecular weight excluding hydrogens is 206 g/mol. The summed E-state index contributed by atoms with van der Waals surface area (Å²) in [6, 6.07) is 7.47. The van der Waals surface area contributed by atoms with Gasteiger partial charge in [0.05, 0.1) is 5.56 Å². The summed E-state index contributed by atoms with van der Waals surface area (Å²) in [6.45, 7) is 0. The summed E-state index contributed by atoms with van der Waals surface area (Å²) in [4.78, 5) is 21.2. The standard InChI is InChI=1S/C11H7N3O2/c15-11-12-5-7(6-13-11)10-14-8-3-1-2-4-9(8)16-10/h1-6H,(H,12,13,15). The van der Waals surface area contributed by atoms with Crippen LogP contribution in [0, 0.1) is 0 Å². The lowest BCUT2D eigenvalue weighted by Crippen LogP contribution is -2.07. The molecule has 3 aromatic rings. The number of para-hydroxylation sites is 2. The highest BCUT2D eigenvalue weighted by molar-refractivity contribution is 5.75. The van der Waals surface area contributed by atoms with E-state index in [0.717, 1.165) is 5.52 Å². The fraction of sp³-hybridized carbons (Fsp3) is 0. The number of hydrogen-bond acceptors (Lipinski definition) is 4. The van der Waals surface area contributed by atoms with E-state index in [4.69, 9.17) is 4.42 Å². The van der Waals surface area contributed by atoms with Crippen LogP contribution in [-0.2, 0) is 0 Å². The Balaban J connectivity index is 2.19. The van der Waals surface area contributed by atoms with E-state index >= 15 is 0 Å². The quantitative estimate of drug-likeness (QED) is 0.666. The second kappa shape index (κ2) is 3.30. The number of nitrogens with zero attached hydrogens (tertiary/aromatic N) is 2. The summed E-state index contributed by atoms with van der Waals surface area (Å²) in [7, 11) is 0. The second-order valence-electron chi connectivity index (χ2n) is 3.29. The molecule has 0 saturated heterocycles. The molecule has 0 unspecified atom stereocenters. The average molecular weight is 213 g/mol. The van der Waals surface area contributed by atoms with Crippen LogP contribution in [0.1, 0.15) is 0 Å². The highest BCUT2D eigenvalue weighted by Gasteiger charge is 2.07. The first-order valence-electron chi connectivity index (χ1n) is 4.73. The van der Waals surface area contributed by atoms with E-state index in [2.05, 4.69) is 15.0 Å². The number of rotatable bonds is 1. The molecule has 2 heterocycles. The van der Waals surface area contributed by atoms with Gasteiger partial charge in [-0.15, -0.1) is 0 Å².